The molecule has 0 radical (unpaired) electrons. The fourth-order valence-corrected chi connectivity index (χ4v) is 5.18. The third kappa shape index (κ3) is 5.59. The van der Waals surface area contributed by atoms with Gasteiger partial charge < -0.3 is 10.1 Å². The van der Waals surface area contributed by atoms with E-state index in [-0.39, 0.29) is 17.2 Å². The van der Waals surface area contributed by atoms with Gasteiger partial charge in [-0.15, -0.1) is 11.8 Å². The number of halogens is 1. The lowest BCUT2D eigenvalue weighted by molar-refractivity contribution is -0.115. The summed E-state index contributed by atoms with van der Waals surface area (Å²) in [5.41, 5.74) is 3.19. The Labute approximate surface area is 203 Å². The first kappa shape index (κ1) is 23.8. The van der Waals surface area contributed by atoms with Crippen LogP contribution in [0.3, 0.4) is 0 Å². The Hall–Kier alpha value is -3.32. The lowest BCUT2D eigenvalue weighted by Gasteiger charge is -2.26. The second-order valence-electron chi connectivity index (χ2n) is 8.07. The van der Waals surface area contributed by atoms with Gasteiger partial charge in [0.25, 0.3) is 5.91 Å². The molecule has 0 bridgehead atoms. The zero-order chi connectivity index (χ0) is 23.9. The van der Waals surface area contributed by atoms with Crippen molar-refractivity contribution in [3.63, 3.8) is 0 Å². The predicted octanol–water partition coefficient (Wildman–Crippen LogP) is 5.37. The smallest absolute Gasteiger partial charge is 0.251 e. The first-order chi connectivity index (χ1) is 16.6. The molecule has 3 aromatic carbocycles. The van der Waals surface area contributed by atoms with E-state index in [4.69, 9.17) is 4.74 Å². The summed E-state index contributed by atoms with van der Waals surface area (Å²) in [6.07, 6.45) is 2.88. The lowest BCUT2D eigenvalue weighted by Crippen LogP contribution is -2.29. The molecule has 5 nitrogen and oxygen atoms in total. The number of rotatable bonds is 9. The summed E-state index contributed by atoms with van der Waals surface area (Å²) in [6, 6.07) is 21.7. The van der Waals surface area contributed by atoms with E-state index in [0.29, 0.717) is 29.3 Å². The van der Waals surface area contributed by atoms with Gasteiger partial charge in [-0.2, -0.15) is 0 Å². The van der Waals surface area contributed by atoms with Crippen molar-refractivity contribution in [3.05, 3.63) is 95.3 Å². The number of methoxy groups -OCH3 is 1. The maximum atomic E-state index is 13.7. The number of anilines is 1. The molecule has 1 saturated heterocycles. The number of hydrogen-bond acceptors (Lipinski definition) is 4. The van der Waals surface area contributed by atoms with Crippen molar-refractivity contribution in [1.82, 2.24) is 5.32 Å². The normalized spacial score (nSPS) is 15.4. The number of hydrogen-bond donors (Lipinski definition) is 1. The second-order valence-corrected chi connectivity index (χ2v) is 9.14. The van der Waals surface area contributed by atoms with E-state index >= 15 is 0 Å². The van der Waals surface area contributed by atoms with Crippen LogP contribution < -0.4 is 15.0 Å². The monoisotopic (exact) mass is 478 g/mol. The summed E-state index contributed by atoms with van der Waals surface area (Å²) < 4.78 is 19.0. The van der Waals surface area contributed by atoms with E-state index in [1.54, 1.807) is 17.0 Å². The molecule has 1 heterocycles. The van der Waals surface area contributed by atoms with Gasteiger partial charge in [-0.05, 0) is 54.7 Å². The number of nitrogens with zero attached hydrogens (tertiary/aromatic N) is 1. The fraction of sp³-hybridized carbons (Fsp3) is 0.259. The van der Waals surface area contributed by atoms with E-state index in [1.165, 1.54) is 36.6 Å². The second kappa shape index (κ2) is 11.2. The van der Waals surface area contributed by atoms with Crippen LogP contribution in [-0.2, 0) is 11.2 Å². The minimum absolute atomic E-state index is 0.0896. The van der Waals surface area contributed by atoms with E-state index in [9.17, 15) is 14.0 Å². The van der Waals surface area contributed by atoms with Crippen molar-refractivity contribution in [1.29, 1.82) is 0 Å². The van der Waals surface area contributed by atoms with Crippen LogP contribution in [-0.4, -0.2) is 31.2 Å². The minimum atomic E-state index is -0.432. The number of aryl methyl sites for hydroxylation is 1. The number of thioether (sulfide) groups is 1. The molecule has 1 fully saturated rings. The number of carbonyl (C=O) groups excluding carboxylic acids is 2. The van der Waals surface area contributed by atoms with E-state index in [2.05, 4.69) is 17.4 Å². The third-order valence-corrected chi connectivity index (χ3v) is 6.94. The Bertz CT molecular complexity index is 1160. The van der Waals surface area contributed by atoms with Crippen LogP contribution in [0.25, 0.3) is 0 Å². The van der Waals surface area contributed by atoms with Gasteiger partial charge in [0.05, 0.1) is 18.6 Å². The van der Waals surface area contributed by atoms with Crippen LogP contribution in [0, 0.1) is 5.82 Å². The van der Waals surface area contributed by atoms with Gasteiger partial charge in [-0.3, -0.25) is 14.5 Å². The summed E-state index contributed by atoms with van der Waals surface area (Å²) in [7, 11) is 1.45. The molecule has 7 heteroatoms. The van der Waals surface area contributed by atoms with Crippen molar-refractivity contribution in [3.8, 4) is 5.75 Å². The summed E-state index contributed by atoms with van der Waals surface area (Å²) in [4.78, 5) is 27.1. The molecule has 1 aliphatic rings. The average molecular weight is 479 g/mol. The van der Waals surface area contributed by atoms with E-state index < -0.39 is 5.82 Å². The highest BCUT2D eigenvalue weighted by Gasteiger charge is 2.36. The minimum Gasteiger partial charge on any atom is -0.494 e. The van der Waals surface area contributed by atoms with Crippen molar-refractivity contribution < 1.29 is 18.7 Å². The van der Waals surface area contributed by atoms with Crippen LogP contribution in [0.15, 0.2) is 72.8 Å². The standard InChI is InChI=1S/C27H27FN2O3S/c1-33-24-17-22(28)13-14-23(24)30-25(31)18-34-27(30)21-12-7-11-20(16-21)26(32)29-15-6-5-10-19-8-3-2-4-9-19/h2-4,7-9,11-14,16-17,27H,5-6,10,15,18H2,1H3,(H,29,32). The number of carbonyl (C=O) groups is 2. The maximum absolute atomic E-state index is 13.7. The molecule has 1 atom stereocenters. The Kier molecular flexibility index (Phi) is 7.85. The molecule has 1 unspecified atom stereocenters. The number of benzene rings is 3. The van der Waals surface area contributed by atoms with Crippen LogP contribution in [0.4, 0.5) is 10.1 Å². The van der Waals surface area contributed by atoms with Crippen molar-refractivity contribution in [2.24, 2.45) is 0 Å². The number of ether oxygens (including phenoxy) is 1. The molecule has 34 heavy (non-hydrogen) atoms. The molecule has 1 aliphatic heterocycles. The lowest BCUT2D eigenvalue weighted by atomic mass is 10.1. The highest BCUT2D eigenvalue weighted by molar-refractivity contribution is 8.00. The summed E-state index contributed by atoms with van der Waals surface area (Å²) in [5, 5.41) is 2.66. The Balaban J connectivity index is 1.41. The van der Waals surface area contributed by atoms with Crippen molar-refractivity contribution >= 4 is 29.3 Å². The zero-order valence-corrected chi connectivity index (χ0v) is 19.8. The molecule has 0 aliphatic carbocycles. The summed E-state index contributed by atoms with van der Waals surface area (Å²) >= 11 is 1.47. The van der Waals surface area contributed by atoms with Crippen LogP contribution >= 0.6 is 11.8 Å². The van der Waals surface area contributed by atoms with Gasteiger partial charge in [0, 0.05) is 18.2 Å². The van der Waals surface area contributed by atoms with Crippen LogP contribution in [0.2, 0.25) is 0 Å². The SMILES string of the molecule is COc1cc(F)ccc1N1C(=O)CSC1c1cccc(C(=O)NCCCCc2ccccc2)c1. The molecule has 1 N–H and O–H groups in total. The third-order valence-electron chi connectivity index (χ3n) is 5.72. The van der Waals surface area contributed by atoms with Gasteiger partial charge in [0.15, 0.2) is 0 Å². The summed E-state index contributed by atoms with van der Waals surface area (Å²) in [5.74, 6) is -0.0673. The Morgan fingerprint density at radius 1 is 1.09 bits per heavy atom. The van der Waals surface area contributed by atoms with Gasteiger partial charge in [0.1, 0.15) is 16.9 Å². The maximum Gasteiger partial charge on any atom is 0.251 e. The molecular weight excluding hydrogens is 451 g/mol. The van der Waals surface area contributed by atoms with Crippen molar-refractivity contribution in [2.45, 2.75) is 24.6 Å². The van der Waals surface area contributed by atoms with Gasteiger partial charge in [-0.25, -0.2) is 4.39 Å². The van der Waals surface area contributed by atoms with Crippen LogP contribution in [0.5, 0.6) is 5.75 Å². The molecule has 2 amide bonds. The highest BCUT2D eigenvalue weighted by atomic mass is 32.2. The topological polar surface area (TPSA) is 58.6 Å². The van der Waals surface area contributed by atoms with Gasteiger partial charge >= 0.3 is 0 Å². The number of amides is 2. The Morgan fingerprint density at radius 2 is 1.91 bits per heavy atom. The average Bonchev–Trinajstić information content (AvgIpc) is 3.25. The van der Waals surface area contributed by atoms with Gasteiger partial charge in [-0.1, -0.05) is 42.5 Å². The molecule has 0 aromatic heterocycles. The Morgan fingerprint density at radius 3 is 2.71 bits per heavy atom. The molecule has 0 saturated carbocycles. The first-order valence-electron chi connectivity index (χ1n) is 11.3. The first-order valence-corrected chi connectivity index (χ1v) is 12.3. The highest BCUT2D eigenvalue weighted by Crippen LogP contribution is 2.45. The van der Waals surface area contributed by atoms with Gasteiger partial charge in [0.2, 0.25) is 5.91 Å². The largest absolute Gasteiger partial charge is 0.494 e. The van der Waals surface area contributed by atoms with Crippen molar-refractivity contribution in [2.75, 3.05) is 24.3 Å². The van der Waals surface area contributed by atoms with E-state index in [0.717, 1.165) is 24.8 Å². The quantitative estimate of drug-likeness (QED) is 0.421. The zero-order valence-electron chi connectivity index (χ0n) is 19.0. The fourth-order valence-electron chi connectivity index (χ4n) is 4.02. The predicted molar refractivity (Wildman–Crippen MR) is 134 cm³/mol. The van der Waals surface area contributed by atoms with E-state index in [1.807, 2.05) is 36.4 Å². The number of nitrogens with one attached hydrogen (secondary N) is 1. The molecule has 176 valence electrons. The molecule has 3 aromatic rings. The molecular formula is C27H27FN2O3S. The molecule has 4 rings (SSSR count). The molecule has 0 spiro atoms. The number of unbranched alkanes of at least 4 members (excludes halogenated alkanes) is 1. The summed E-state index contributed by atoms with van der Waals surface area (Å²) in [6.45, 7) is 0.603. The van der Waals surface area contributed by atoms with Crippen LogP contribution in [0.1, 0.15) is 39.7 Å².